The van der Waals surface area contributed by atoms with Crippen LogP contribution in [0.4, 0.5) is 0 Å². The van der Waals surface area contributed by atoms with Crippen LogP contribution in [0.15, 0.2) is 0 Å². The van der Waals surface area contributed by atoms with Gasteiger partial charge >= 0.3 is 0 Å². The van der Waals surface area contributed by atoms with Gasteiger partial charge in [-0.15, -0.1) is 0 Å². The summed E-state index contributed by atoms with van der Waals surface area (Å²) in [6, 6.07) is 0. The molecule has 0 N–H and O–H groups in total. The highest BCUT2D eigenvalue weighted by atomic mass is 16.1. The highest BCUT2D eigenvalue weighted by Crippen LogP contribution is 2.32. The van der Waals surface area contributed by atoms with Crippen molar-refractivity contribution in [2.45, 2.75) is 53.4 Å². The lowest BCUT2D eigenvalue weighted by atomic mass is 9.75. The predicted octanol–water partition coefficient (Wildman–Crippen LogP) is 3.24. The fourth-order valence-electron chi connectivity index (χ4n) is 2.61. The van der Waals surface area contributed by atoms with E-state index in [9.17, 15) is 9.59 Å². The third kappa shape index (κ3) is 3.16. The highest BCUT2D eigenvalue weighted by molar-refractivity contribution is 5.85. The number of hydrogen-bond acceptors (Lipinski definition) is 2. The molecule has 0 bridgehead atoms. The summed E-state index contributed by atoms with van der Waals surface area (Å²) < 4.78 is 0. The number of ketones is 2. The van der Waals surface area contributed by atoms with Crippen LogP contribution in [0, 0.1) is 23.7 Å². The maximum absolute atomic E-state index is 11.8. The standard InChI is InChI=1S/C14H24O2/c1-9(2)13(15)11-5-7-12(8-6-11)14(16)10(3)4/h9-12H,5-8H2,1-4H3/t11-,12-. The molecular weight excluding hydrogens is 200 g/mol. The first-order valence-corrected chi connectivity index (χ1v) is 6.51. The van der Waals surface area contributed by atoms with E-state index in [2.05, 4.69) is 0 Å². The van der Waals surface area contributed by atoms with Gasteiger partial charge in [0.05, 0.1) is 0 Å². The van der Waals surface area contributed by atoms with Gasteiger partial charge in [-0.2, -0.15) is 0 Å². The van der Waals surface area contributed by atoms with Crippen LogP contribution in [0.2, 0.25) is 0 Å². The van der Waals surface area contributed by atoms with Crippen molar-refractivity contribution in [1.29, 1.82) is 0 Å². The van der Waals surface area contributed by atoms with E-state index in [0.29, 0.717) is 11.6 Å². The average molecular weight is 224 g/mol. The average Bonchev–Trinajstić information content (AvgIpc) is 2.27. The Bertz CT molecular complexity index is 230. The molecule has 0 amide bonds. The van der Waals surface area contributed by atoms with Crippen molar-refractivity contribution < 1.29 is 9.59 Å². The Hall–Kier alpha value is -0.660. The molecule has 0 spiro atoms. The zero-order valence-corrected chi connectivity index (χ0v) is 11.0. The monoisotopic (exact) mass is 224 g/mol. The molecule has 2 heteroatoms. The van der Waals surface area contributed by atoms with Crippen LogP contribution in [-0.2, 0) is 9.59 Å². The summed E-state index contributed by atoms with van der Waals surface area (Å²) in [4.78, 5) is 23.6. The molecule has 1 aliphatic rings. The first-order valence-electron chi connectivity index (χ1n) is 6.51. The molecule has 0 unspecified atom stereocenters. The van der Waals surface area contributed by atoms with Crippen LogP contribution in [0.3, 0.4) is 0 Å². The summed E-state index contributed by atoms with van der Waals surface area (Å²) in [6.45, 7) is 7.86. The minimum Gasteiger partial charge on any atom is -0.299 e. The Kier molecular flexibility index (Phi) is 4.69. The summed E-state index contributed by atoms with van der Waals surface area (Å²) in [6.07, 6.45) is 3.67. The Labute approximate surface area is 98.8 Å². The maximum atomic E-state index is 11.8. The van der Waals surface area contributed by atoms with Crippen molar-refractivity contribution in [3.63, 3.8) is 0 Å². The lowest BCUT2D eigenvalue weighted by Crippen LogP contribution is -2.29. The molecule has 1 fully saturated rings. The number of carbonyl (C=O) groups excluding carboxylic acids is 2. The second kappa shape index (κ2) is 5.60. The fourth-order valence-corrected chi connectivity index (χ4v) is 2.61. The van der Waals surface area contributed by atoms with Crippen LogP contribution >= 0.6 is 0 Å². The lowest BCUT2D eigenvalue weighted by molar-refractivity contribution is -0.131. The molecule has 16 heavy (non-hydrogen) atoms. The first-order chi connectivity index (χ1) is 7.43. The van der Waals surface area contributed by atoms with Crippen molar-refractivity contribution >= 4 is 11.6 Å². The van der Waals surface area contributed by atoms with Crippen LogP contribution in [0.5, 0.6) is 0 Å². The van der Waals surface area contributed by atoms with E-state index < -0.39 is 0 Å². The zero-order valence-electron chi connectivity index (χ0n) is 11.0. The van der Waals surface area contributed by atoms with Gasteiger partial charge in [-0.05, 0) is 25.7 Å². The molecule has 0 aromatic carbocycles. The molecule has 1 rings (SSSR count). The number of rotatable bonds is 4. The Morgan fingerprint density at radius 3 is 1.19 bits per heavy atom. The summed E-state index contributed by atoms with van der Waals surface area (Å²) in [5.41, 5.74) is 0. The van der Waals surface area contributed by atoms with Crippen LogP contribution in [0.1, 0.15) is 53.4 Å². The highest BCUT2D eigenvalue weighted by Gasteiger charge is 2.31. The summed E-state index contributed by atoms with van der Waals surface area (Å²) in [7, 11) is 0. The number of Topliss-reactive ketones (excluding diaryl/α,β-unsaturated/α-hetero) is 2. The maximum Gasteiger partial charge on any atom is 0.138 e. The topological polar surface area (TPSA) is 34.1 Å². The Morgan fingerprint density at radius 1 is 0.750 bits per heavy atom. The summed E-state index contributed by atoms with van der Waals surface area (Å²) in [5, 5.41) is 0. The van der Waals surface area contributed by atoms with E-state index in [4.69, 9.17) is 0 Å². The van der Waals surface area contributed by atoms with Crippen molar-refractivity contribution in [1.82, 2.24) is 0 Å². The van der Waals surface area contributed by atoms with Crippen molar-refractivity contribution in [3.8, 4) is 0 Å². The van der Waals surface area contributed by atoms with Gasteiger partial charge in [0.1, 0.15) is 11.6 Å². The van der Waals surface area contributed by atoms with E-state index >= 15 is 0 Å². The van der Waals surface area contributed by atoms with E-state index in [1.54, 1.807) is 0 Å². The van der Waals surface area contributed by atoms with Gasteiger partial charge in [-0.3, -0.25) is 9.59 Å². The molecule has 0 aromatic heterocycles. The Balaban J connectivity index is 2.45. The van der Waals surface area contributed by atoms with Crippen LogP contribution < -0.4 is 0 Å². The molecule has 92 valence electrons. The minimum atomic E-state index is 0.141. The number of carbonyl (C=O) groups is 2. The molecule has 1 saturated carbocycles. The van der Waals surface area contributed by atoms with Gasteiger partial charge in [0.2, 0.25) is 0 Å². The fraction of sp³-hybridized carbons (Fsp3) is 0.857. The van der Waals surface area contributed by atoms with Gasteiger partial charge in [-0.1, -0.05) is 27.7 Å². The van der Waals surface area contributed by atoms with Gasteiger partial charge in [-0.25, -0.2) is 0 Å². The van der Waals surface area contributed by atoms with E-state index in [-0.39, 0.29) is 23.7 Å². The quantitative estimate of drug-likeness (QED) is 0.734. The zero-order chi connectivity index (χ0) is 12.3. The molecule has 0 heterocycles. The molecule has 0 atom stereocenters. The third-order valence-corrected chi connectivity index (χ3v) is 3.67. The van der Waals surface area contributed by atoms with Gasteiger partial charge < -0.3 is 0 Å². The van der Waals surface area contributed by atoms with E-state index in [0.717, 1.165) is 25.7 Å². The van der Waals surface area contributed by atoms with E-state index in [1.807, 2.05) is 27.7 Å². The summed E-state index contributed by atoms with van der Waals surface area (Å²) in [5.74, 6) is 1.49. The Morgan fingerprint density at radius 2 is 1.00 bits per heavy atom. The van der Waals surface area contributed by atoms with Gasteiger partial charge in [0.25, 0.3) is 0 Å². The van der Waals surface area contributed by atoms with Gasteiger partial charge in [0, 0.05) is 23.7 Å². The van der Waals surface area contributed by atoms with Gasteiger partial charge in [0.15, 0.2) is 0 Å². The second-order valence-corrected chi connectivity index (χ2v) is 5.66. The van der Waals surface area contributed by atoms with Crippen molar-refractivity contribution in [3.05, 3.63) is 0 Å². The smallest absolute Gasteiger partial charge is 0.138 e. The van der Waals surface area contributed by atoms with Crippen molar-refractivity contribution in [2.24, 2.45) is 23.7 Å². The van der Waals surface area contributed by atoms with Crippen LogP contribution in [-0.4, -0.2) is 11.6 Å². The summed E-state index contributed by atoms with van der Waals surface area (Å²) >= 11 is 0. The normalized spacial score (nSPS) is 26.1. The first kappa shape index (κ1) is 13.4. The number of hydrogen-bond donors (Lipinski definition) is 0. The molecular formula is C14H24O2. The minimum absolute atomic E-state index is 0.141. The molecule has 2 nitrogen and oxygen atoms in total. The third-order valence-electron chi connectivity index (χ3n) is 3.67. The second-order valence-electron chi connectivity index (χ2n) is 5.66. The van der Waals surface area contributed by atoms with E-state index in [1.165, 1.54) is 0 Å². The molecule has 0 radical (unpaired) electrons. The van der Waals surface area contributed by atoms with Crippen LogP contribution in [0.25, 0.3) is 0 Å². The lowest BCUT2D eigenvalue weighted by Gasteiger charge is -2.28. The SMILES string of the molecule is CC(C)C(=O)[C@H]1CC[C@H](C(=O)C(C)C)CC1. The molecule has 0 saturated heterocycles. The molecule has 0 aliphatic heterocycles. The van der Waals surface area contributed by atoms with Crippen molar-refractivity contribution in [2.75, 3.05) is 0 Å². The largest absolute Gasteiger partial charge is 0.299 e. The molecule has 1 aliphatic carbocycles. The predicted molar refractivity (Wildman–Crippen MR) is 65.1 cm³/mol. The molecule has 0 aromatic rings.